The Morgan fingerprint density at radius 3 is 2.58 bits per heavy atom. The molecule has 0 spiro atoms. The number of β-amino-alcohol motifs (C(OH)–C–C–N with tert-alkyl or cyclic N) is 1. The number of ether oxygens (including phenoxy) is 1. The maximum atomic E-state index is 10.6. The second-order valence-corrected chi connectivity index (χ2v) is 10.4. The molecule has 6 nitrogen and oxygen atoms in total. The monoisotopic (exact) mass is 518 g/mol. The number of fused-ring (bicyclic) bond motifs is 1. The van der Waals surface area contributed by atoms with Crippen molar-refractivity contribution >= 4 is 45.0 Å². The van der Waals surface area contributed by atoms with Crippen molar-refractivity contribution in [1.29, 1.82) is 0 Å². The van der Waals surface area contributed by atoms with Gasteiger partial charge in [-0.15, -0.1) is 11.3 Å². The molecule has 186 valence electrons. The predicted octanol–water partition coefficient (Wildman–Crippen LogP) is 5.01. The maximum absolute atomic E-state index is 10.6. The minimum absolute atomic E-state index is 0.255. The van der Waals surface area contributed by atoms with Crippen molar-refractivity contribution in [3.63, 3.8) is 0 Å². The van der Waals surface area contributed by atoms with E-state index in [1.165, 1.54) is 5.56 Å². The van der Waals surface area contributed by atoms with Gasteiger partial charge in [-0.2, -0.15) is 0 Å². The van der Waals surface area contributed by atoms with Crippen molar-refractivity contribution in [2.24, 2.45) is 0 Å². The van der Waals surface area contributed by atoms with Gasteiger partial charge in [-0.25, -0.2) is 9.99 Å². The third-order valence-corrected chi connectivity index (χ3v) is 7.52. The highest BCUT2D eigenvalue weighted by molar-refractivity contribution is 7.79. The van der Waals surface area contributed by atoms with Gasteiger partial charge in [-0.3, -0.25) is 9.91 Å². The Bertz CT molecular complexity index is 1310. The summed E-state index contributed by atoms with van der Waals surface area (Å²) in [5.74, 6) is 0.741. The van der Waals surface area contributed by atoms with E-state index in [4.69, 9.17) is 17.0 Å². The number of benzene rings is 3. The molecular weight excluding hydrogens is 488 g/mol. The highest BCUT2D eigenvalue weighted by atomic mass is 32.1. The van der Waals surface area contributed by atoms with Crippen LogP contribution in [0.3, 0.4) is 0 Å². The number of nitrogens with zero attached hydrogens (tertiary/aromatic N) is 4. The van der Waals surface area contributed by atoms with E-state index < -0.39 is 6.10 Å². The summed E-state index contributed by atoms with van der Waals surface area (Å²) in [5, 5.41) is 16.0. The molecule has 1 N–H and O–H groups in total. The number of hydrazine groups is 1. The van der Waals surface area contributed by atoms with Crippen LogP contribution >= 0.6 is 23.6 Å². The van der Waals surface area contributed by atoms with Crippen LogP contribution < -0.4 is 9.75 Å². The normalized spacial score (nSPS) is 15.6. The molecule has 1 aliphatic rings. The Morgan fingerprint density at radius 1 is 1.06 bits per heavy atom. The molecule has 0 saturated carbocycles. The first kappa shape index (κ1) is 24.8. The lowest BCUT2D eigenvalue weighted by Gasteiger charge is -2.41. The predicted molar refractivity (Wildman–Crippen MR) is 152 cm³/mol. The number of aliphatic hydroxyl groups is 1. The molecule has 0 unspecified atom stereocenters. The molecule has 3 aromatic carbocycles. The Hall–Kier alpha value is -2.88. The van der Waals surface area contributed by atoms with Gasteiger partial charge in [0.25, 0.3) is 0 Å². The SMILES string of the molecule is Cc1nc2cc(OC[C@H](O)CN3CCN(N(C=S)c4ccccc4-c4ccccc4)CC3)ccc2s1. The van der Waals surface area contributed by atoms with Crippen LogP contribution in [0.2, 0.25) is 0 Å². The summed E-state index contributed by atoms with van der Waals surface area (Å²) in [7, 11) is 0. The number of thiocarbonyl (C=S) groups is 1. The first-order valence-corrected chi connectivity index (χ1v) is 13.4. The number of thiazole rings is 1. The quantitative estimate of drug-likeness (QED) is 0.313. The molecule has 1 atom stereocenters. The fourth-order valence-electron chi connectivity index (χ4n) is 4.60. The van der Waals surface area contributed by atoms with Crippen molar-refractivity contribution in [3.05, 3.63) is 77.8 Å². The number of hydrogen-bond acceptors (Lipinski definition) is 7. The lowest BCUT2D eigenvalue weighted by Crippen LogP contribution is -2.54. The lowest BCUT2D eigenvalue weighted by atomic mass is 10.0. The van der Waals surface area contributed by atoms with Crippen LogP contribution in [0.15, 0.2) is 72.8 Å². The second-order valence-electron chi connectivity index (χ2n) is 8.91. The van der Waals surface area contributed by atoms with Crippen LogP contribution in [0.5, 0.6) is 5.75 Å². The molecule has 0 aliphatic carbocycles. The Balaban J connectivity index is 1.15. The summed E-state index contributed by atoms with van der Waals surface area (Å²) in [5.41, 5.74) is 6.06. The van der Waals surface area contributed by atoms with Gasteiger partial charge < -0.3 is 9.84 Å². The zero-order chi connectivity index (χ0) is 24.9. The number of anilines is 1. The number of rotatable bonds is 9. The largest absolute Gasteiger partial charge is 0.491 e. The first-order valence-electron chi connectivity index (χ1n) is 12.1. The Labute approximate surface area is 221 Å². The van der Waals surface area contributed by atoms with Crippen LogP contribution in [-0.4, -0.2) is 70.9 Å². The summed E-state index contributed by atoms with van der Waals surface area (Å²) in [6.07, 6.45) is -0.565. The maximum Gasteiger partial charge on any atom is 0.121 e. The smallest absolute Gasteiger partial charge is 0.121 e. The van der Waals surface area contributed by atoms with Gasteiger partial charge in [0.1, 0.15) is 18.5 Å². The summed E-state index contributed by atoms with van der Waals surface area (Å²) < 4.78 is 7.02. The van der Waals surface area contributed by atoms with E-state index in [2.05, 4.69) is 62.4 Å². The van der Waals surface area contributed by atoms with Crippen molar-refractivity contribution < 1.29 is 9.84 Å². The number of aromatic nitrogens is 1. The van der Waals surface area contributed by atoms with E-state index in [-0.39, 0.29) is 6.61 Å². The number of aliphatic hydroxyl groups excluding tert-OH is 1. The van der Waals surface area contributed by atoms with E-state index in [1.54, 1.807) is 16.8 Å². The zero-order valence-electron chi connectivity index (χ0n) is 20.3. The molecule has 0 bridgehead atoms. The molecule has 1 fully saturated rings. The molecule has 1 aromatic heterocycles. The summed E-state index contributed by atoms with van der Waals surface area (Å²) in [6, 6.07) is 24.7. The van der Waals surface area contributed by atoms with Gasteiger partial charge >= 0.3 is 0 Å². The van der Waals surface area contributed by atoms with Gasteiger partial charge in [-0.1, -0.05) is 60.7 Å². The van der Waals surface area contributed by atoms with Crippen LogP contribution in [0.25, 0.3) is 21.3 Å². The van der Waals surface area contributed by atoms with E-state index >= 15 is 0 Å². The number of para-hydroxylation sites is 1. The minimum Gasteiger partial charge on any atom is -0.491 e. The molecule has 36 heavy (non-hydrogen) atoms. The van der Waals surface area contributed by atoms with Gasteiger partial charge in [0, 0.05) is 44.4 Å². The standard InChI is InChI=1S/C28H30N4O2S2/c1-21-29-26-17-24(11-12-28(26)36-21)34-19-23(33)18-30-13-15-31(16-14-30)32(20-35)27-10-6-5-9-25(27)22-7-3-2-4-8-22/h2-12,17,20,23,33H,13-16,18-19H2,1H3/t23-/m1/s1. The summed E-state index contributed by atoms with van der Waals surface area (Å²) >= 11 is 7.11. The van der Waals surface area contributed by atoms with Crippen molar-refractivity contribution in [1.82, 2.24) is 14.9 Å². The van der Waals surface area contributed by atoms with E-state index in [9.17, 15) is 5.11 Å². The molecule has 5 rings (SSSR count). The molecule has 2 heterocycles. The van der Waals surface area contributed by atoms with Gasteiger partial charge in [0.05, 0.1) is 26.4 Å². The highest BCUT2D eigenvalue weighted by Crippen LogP contribution is 2.31. The van der Waals surface area contributed by atoms with Crippen LogP contribution in [0.1, 0.15) is 5.01 Å². The Morgan fingerprint density at radius 2 is 1.81 bits per heavy atom. The average molecular weight is 519 g/mol. The van der Waals surface area contributed by atoms with Crippen LogP contribution in [0, 0.1) is 6.92 Å². The zero-order valence-corrected chi connectivity index (χ0v) is 21.9. The van der Waals surface area contributed by atoms with Crippen LogP contribution in [-0.2, 0) is 0 Å². The summed E-state index contributed by atoms with van der Waals surface area (Å²) in [4.78, 5) is 6.80. The lowest BCUT2D eigenvalue weighted by molar-refractivity contribution is 0.0470. The molecular formula is C28H30N4O2S2. The fourth-order valence-corrected chi connectivity index (χ4v) is 5.66. The molecule has 1 aliphatic heterocycles. The van der Waals surface area contributed by atoms with E-state index in [0.717, 1.165) is 58.4 Å². The van der Waals surface area contributed by atoms with Gasteiger partial charge in [0.15, 0.2) is 0 Å². The molecule has 1 saturated heterocycles. The third kappa shape index (κ3) is 5.74. The molecule has 4 aromatic rings. The fraction of sp³-hybridized carbons (Fsp3) is 0.286. The van der Waals surface area contributed by atoms with Crippen molar-refractivity contribution in [2.75, 3.05) is 44.3 Å². The van der Waals surface area contributed by atoms with Gasteiger partial charge in [0.2, 0.25) is 0 Å². The number of piperazine rings is 1. The first-order chi connectivity index (χ1) is 17.6. The third-order valence-electron chi connectivity index (χ3n) is 6.37. The summed E-state index contributed by atoms with van der Waals surface area (Å²) in [6.45, 7) is 6.16. The average Bonchev–Trinajstić information content (AvgIpc) is 3.29. The topological polar surface area (TPSA) is 52.1 Å². The molecule has 8 heteroatoms. The van der Waals surface area contributed by atoms with E-state index in [0.29, 0.717) is 6.54 Å². The molecule has 0 radical (unpaired) electrons. The van der Waals surface area contributed by atoms with Crippen molar-refractivity contribution in [3.8, 4) is 16.9 Å². The van der Waals surface area contributed by atoms with Crippen LogP contribution in [0.4, 0.5) is 5.69 Å². The Kier molecular flexibility index (Phi) is 7.89. The second kappa shape index (κ2) is 11.5. The minimum atomic E-state index is -0.565. The van der Waals surface area contributed by atoms with Crippen molar-refractivity contribution in [2.45, 2.75) is 13.0 Å². The highest BCUT2D eigenvalue weighted by Gasteiger charge is 2.24. The van der Waals surface area contributed by atoms with Gasteiger partial charge in [-0.05, 0) is 30.7 Å². The van der Waals surface area contributed by atoms with E-state index in [1.807, 2.05) is 37.3 Å². The number of aryl methyl sites for hydroxylation is 1. The molecule has 0 amide bonds. The number of hydrogen-bond donors (Lipinski definition) is 1.